The van der Waals surface area contributed by atoms with Crippen LogP contribution in [-0.4, -0.2) is 21.5 Å². The number of nitrogens with zero attached hydrogens (tertiary/aromatic N) is 3. The van der Waals surface area contributed by atoms with Crippen molar-refractivity contribution in [1.29, 1.82) is 0 Å². The fourth-order valence-corrected chi connectivity index (χ4v) is 4.54. The van der Waals surface area contributed by atoms with Gasteiger partial charge in [-0.25, -0.2) is 4.98 Å². The standard InChI is InChI=1S/C19H19N3O2S/c1-11-8-14-6-4-5-7-15(14)22(11)16(23)9-21-10-20-18-17(19(21)24)12(2)13(3)25-18/h4-7,10-11H,8-9H2,1-3H3/t11-/m1/s1. The molecule has 1 atom stereocenters. The second-order valence-electron chi connectivity index (χ2n) is 6.59. The molecule has 0 saturated heterocycles. The van der Waals surface area contributed by atoms with Gasteiger partial charge >= 0.3 is 0 Å². The Morgan fingerprint density at radius 3 is 2.88 bits per heavy atom. The van der Waals surface area contributed by atoms with Crippen LogP contribution in [0, 0.1) is 13.8 Å². The van der Waals surface area contributed by atoms with Crippen molar-refractivity contribution in [3.05, 3.63) is 57.0 Å². The van der Waals surface area contributed by atoms with Gasteiger partial charge in [0.2, 0.25) is 5.91 Å². The van der Waals surface area contributed by atoms with Crippen molar-refractivity contribution in [2.45, 2.75) is 39.8 Å². The topological polar surface area (TPSA) is 55.2 Å². The molecular formula is C19H19N3O2S. The third-order valence-corrected chi connectivity index (χ3v) is 6.05. The summed E-state index contributed by atoms with van der Waals surface area (Å²) in [7, 11) is 0. The summed E-state index contributed by atoms with van der Waals surface area (Å²) in [5, 5.41) is 0.632. The van der Waals surface area contributed by atoms with Crippen LogP contribution in [0.2, 0.25) is 0 Å². The predicted octanol–water partition coefficient (Wildman–Crippen LogP) is 3.05. The number of aromatic nitrogens is 2. The maximum absolute atomic E-state index is 12.9. The van der Waals surface area contributed by atoms with Crippen LogP contribution in [0.5, 0.6) is 0 Å². The van der Waals surface area contributed by atoms with Gasteiger partial charge in [0.15, 0.2) is 0 Å². The number of benzene rings is 1. The summed E-state index contributed by atoms with van der Waals surface area (Å²) in [6, 6.07) is 8.05. The molecule has 0 aliphatic carbocycles. The molecule has 1 aliphatic heterocycles. The van der Waals surface area contributed by atoms with Crippen LogP contribution in [0.4, 0.5) is 5.69 Å². The number of para-hydroxylation sites is 1. The lowest BCUT2D eigenvalue weighted by Gasteiger charge is -2.23. The molecule has 0 N–H and O–H groups in total. The number of aryl methyl sites for hydroxylation is 2. The van der Waals surface area contributed by atoms with Gasteiger partial charge in [-0.05, 0) is 44.4 Å². The average Bonchev–Trinajstić information content (AvgIpc) is 3.06. The molecule has 3 heterocycles. The van der Waals surface area contributed by atoms with Crippen LogP contribution >= 0.6 is 11.3 Å². The number of amides is 1. The zero-order valence-corrected chi connectivity index (χ0v) is 15.3. The quantitative estimate of drug-likeness (QED) is 0.711. The first-order valence-electron chi connectivity index (χ1n) is 8.32. The minimum atomic E-state index is -0.139. The molecular weight excluding hydrogens is 334 g/mol. The van der Waals surface area contributed by atoms with Crippen LogP contribution in [0.25, 0.3) is 10.2 Å². The fourth-order valence-electron chi connectivity index (χ4n) is 3.55. The summed E-state index contributed by atoms with van der Waals surface area (Å²) in [6.45, 7) is 5.96. The second kappa shape index (κ2) is 5.81. The van der Waals surface area contributed by atoms with E-state index in [1.54, 1.807) is 4.90 Å². The molecule has 0 radical (unpaired) electrons. The number of thiophene rings is 1. The van der Waals surface area contributed by atoms with E-state index in [1.165, 1.54) is 27.8 Å². The Labute approximate surface area is 149 Å². The highest BCUT2D eigenvalue weighted by Crippen LogP contribution is 2.32. The van der Waals surface area contributed by atoms with Gasteiger partial charge in [0.05, 0.1) is 11.7 Å². The third-order valence-electron chi connectivity index (χ3n) is 4.94. The summed E-state index contributed by atoms with van der Waals surface area (Å²) in [6.07, 6.45) is 2.33. The van der Waals surface area contributed by atoms with E-state index >= 15 is 0 Å². The lowest BCUT2D eigenvalue weighted by Crippen LogP contribution is -2.40. The molecule has 1 aromatic carbocycles. The van der Waals surface area contributed by atoms with E-state index in [4.69, 9.17) is 0 Å². The predicted molar refractivity (Wildman–Crippen MR) is 100 cm³/mol. The molecule has 3 aromatic rings. The Bertz CT molecular complexity index is 1050. The molecule has 128 valence electrons. The fraction of sp³-hybridized carbons (Fsp3) is 0.316. The summed E-state index contributed by atoms with van der Waals surface area (Å²) in [4.78, 5) is 33.7. The van der Waals surface area contributed by atoms with Gasteiger partial charge in [0.25, 0.3) is 5.56 Å². The van der Waals surface area contributed by atoms with Crippen LogP contribution in [-0.2, 0) is 17.8 Å². The van der Waals surface area contributed by atoms with Gasteiger partial charge in [0, 0.05) is 16.6 Å². The van der Waals surface area contributed by atoms with E-state index in [0.717, 1.165) is 27.4 Å². The lowest BCUT2D eigenvalue weighted by molar-refractivity contribution is -0.119. The smallest absolute Gasteiger partial charge is 0.262 e. The van der Waals surface area contributed by atoms with E-state index in [-0.39, 0.29) is 24.1 Å². The van der Waals surface area contributed by atoms with E-state index in [0.29, 0.717) is 5.39 Å². The number of anilines is 1. The number of fused-ring (bicyclic) bond motifs is 2. The van der Waals surface area contributed by atoms with Crippen molar-refractivity contribution in [2.24, 2.45) is 0 Å². The van der Waals surface area contributed by atoms with E-state index in [9.17, 15) is 9.59 Å². The zero-order chi connectivity index (χ0) is 17.7. The van der Waals surface area contributed by atoms with E-state index in [1.807, 2.05) is 39.0 Å². The summed E-state index contributed by atoms with van der Waals surface area (Å²) < 4.78 is 1.43. The molecule has 1 amide bonds. The maximum atomic E-state index is 12.9. The minimum Gasteiger partial charge on any atom is -0.307 e. The van der Waals surface area contributed by atoms with Gasteiger partial charge in [-0.3, -0.25) is 14.2 Å². The SMILES string of the molecule is Cc1sc2ncn(CC(=O)N3c4ccccc4C[C@H]3C)c(=O)c2c1C. The Kier molecular flexibility index (Phi) is 3.72. The van der Waals surface area contributed by atoms with Gasteiger partial charge < -0.3 is 4.90 Å². The number of hydrogen-bond acceptors (Lipinski definition) is 4. The minimum absolute atomic E-state index is 0.00871. The van der Waals surface area contributed by atoms with Gasteiger partial charge in [0.1, 0.15) is 11.4 Å². The average molecular weight is 353 g/mol. The molecule has 2 aromatic heterocycles. The number of hydrogen-bond donors (Lipinski definition) is 0. The number of carbonyl (C=O) groups excluding carboxylic acids is 1. The highest BCUT2D eigenvalue weighted by molar-refractivity contribution is 7.18. The van der Waals surface area contributed by atoms with Gasteiger partial charge in [-0.2, -0.15) is 0 Å². The first-order valence-corrected chi connectivity index (χ1v) is 9.14. The molecule has 0 fully saturated rings. The van der Waals surface area contributed by atoms with E-state index in [2.05, 4.69) is 11.1 Å². The number of carbonyl (C=O) groups is 1. The molecule has 0 saturated carbocycles. The Morgan fingerprint density at radius 1 is 1.32 bits per heavy atom. The molecule has 1 aliphatic rings. The van der Waals surface area contributed by atoms with Crippen molar-refractivity contribution in [2.75, 3.05) is 4.90 Å². The van der Waals surface area contributed by atoms with Crippen LogP contribution < -0.4 is 10.5 Å². The highest BCUT2D eigenvalue weighted by Gasteiger charge is 2.30. The van der Waals surface area contributed by atoms with Crippen molar-refractivity contribution in [3.8, 4) is 0 Å². The van der Waals surface area contributed by atoms with Gasteiger partial charge in [-0.1, -0.05) is 18.2 Å². The van der Waals surface area contributed by atoms with Crippen molar-refractivity contribution < 1.29 is 4.79 Å². The maximum Gasteiger partial charge on any atom is 0.262 e. The number of rotatable bonds is 2. The molecule has 0 unspecified atom stereocenters. The highest BCUT2D eigenvalue weighted by atomic mass is 32.1. The van der Waals surface area contributed by atoms with Crippen LogP contribution in [0.3, 0.4) is 0 Å². The second-order valence-corrected chi connectivity index (χ2v) is 7.79. The molecule has 6 heteroatoms. The molecule has 0 spiro atoms. The summed E-state index contributed by atoms with van der Waals surface area (Å²) in [5.41, 5.74) is 2.94. The summed E-state index contributed by atoms with van der Waals surface area (Å²) in [5.74, 6) is -0.0784. The van der Waals surface area contributed by atoms with Gasteiger partial charge in [-0.15, -0.1) is 11.3 Å². The molecule has 25 heavy (non-hydrogen) atoms. The summed E-state index contributed by atoms with van der Waals surface area (Å²) >= 11 is 1.52. The first-order chi connectivity index (χ1) is 12.0. The van der Waals surface area contributed by atoms with Crippen molar-refractivity contribution in [1.82, 2.24) is 9.55 Å². The van der Waals surface area contributed by atoms with Crippen LogP contribution in [0.15, 0.2) is 35.4 Å². The van der Waals surface area contributed by atoms with E-state index < -0.39 is 0 Å². The zero-order valence-electron chi connectivity index (χ0n) is 14.4. The monoisotopic (exact) mass is 353 g/mol. The first kappa shape index (κ1) is 16.0. The Hall–Kier alpha value is -2.47. The molecule has 5 nitrogen and oxygen atoms in total. The van der Waals surface area contributed by atoms with Crippen molar-refractivity contribution >= 4 is 33.1 Å². The molecule has 4 rings (SSSR count). The largest absolute Gasteiger partial charge is 0.307 e. The van der Waals surface area contributed by atoms with Crippen LogP contribution in [0.1, 0.15) is 22.9 Å². The normalized spacial score (nSPS) is 16.4. The van der Waals surface area contributed by atoms with Crippen molar-refractivity contribution in [3.63, 3.8) is 0 Å². The third kappa shape index (κ3) is 2.48. The lowest BCUT2D eigenvalue weighted by atomic mass is 10.1. The Balaban J connectivity index is 1.70. The Morgan fingerprint density at radius 2 is 2.08 bits per heavy atom. The molecule has 0 bridgehead atoms.